The fraction of sp³-hybridized carbons (Fsp3) is 0.516. The maximum Gasteiger partial charge on any atom is 0.340 e. The number of nitrogens with one attached hydrogen (secondary N) is 3. The van der Waals surface area contributed by atoms with Gasteiger partial charge in [-0.1, -0.05) is 51.0 Å². The van der Waals surface area contributed by atoms with Gasteiger partial charge < -0.3 is 25.4 Å². The Balaban J connectivity index is 1.22. The van der Waals surface area contributed by atoms with Crippen LogP contribution in [0.1, 0.15) is 70.4 Å². The summed E-state index contributed by atoms with van der Waals surface area (Å²) in [6.07, 6.45) is 7.29. The Labute approximate surface area is 231 Å². The Kier molecular flexibility index (Phi) is 9.85. The van der Waals surface area contributed by atoms with E-state index in [0.717, 1.165) is 34.3 Å². The standard InChI is InChI=1S/C31H41N3O5/c1-4-6-23-16-27(23)33-25-12-8-21(9-13-25)18-38-30(36)29(32-20(3)35)31(37)39-19-22-10-14-26(15-11-22)34-28-17-24(28)7-5-2/h8-15,23-24,27-29,33-34H,4-7,16-19H2,1-3H3,(H,32,35). The number of esters is 2. The summed E-state index contributed by atoms with van der Waals surface area (Å²) in [5.41, 5.74) is 3.63. The molecule has 0 aliphatic heterocycles. The number of anilines is 2. The summed E-state index contributed by atoms with van der Waals surface area (Å²) < 4.78 is 10.7. The van der Waals surface area contributed by atoms with Gasteiger partial charge in [-0.25, -0.2) is 9.59 Å². The molecule has 0 aromatic heterocycles. The van der Waals surface area contributed by atoms with E-state index in [4.69, 9.17) is 9.47 Å². The lowest BCUT2D eigenvalue weighted by atomic mass is 10.2. The average molecular weight is 536 g/mol. The molecule has 8 nitrogen and oxygen atoms in total. The monoisotopic (exact) mass is 535 g/mol. The Morgan fingerprint density at radius 3 is 1.51 bits per heavy atom. The number of carbonyl (C=O) groups is 3. The van der Waals surface area contributed by atoms with Crippen molar-refractivity contribution in [2.24, 2.45) is 11.8 Å². The first-order valence-electron chi connectivity index (χ1n) is 14.2. The number of hydrogen-bond donors (Lipinski definition) is 3. The minimum absolute atomic E-state index is 0.0149. The van der Waals surface area contributed by atoms with Crippen molar-refractivity contribution in [1.29, 1.82) is 0 Å². The second kappa shape index (κ2) is 13.5. The fourth-order valence-corrected chi connectivity index (χ4v) is 4.94. The Hall–Kier alpha value is -3.55. The number of amides is 1. The first-order valence-corrected chi connectivity index (χ1v) is 14.2. The fourth-order valence-electron chi connectivity index (χ4n) is 4.94. The van der Waals surface area contributed by atoms with Crippen LogP contribution < -0.4 is 16.0 Å². The number of rotatable bonds is 15. The zero-order valence-electron chi connectivity index (χ0n) is 23.2. The van der Waals surface area contributed by atoms with E-state index in [2.05, 4.69) is 29.8 Å². The van der Waals surface area contributed by atoms with E-state index in [1.165, 1.54) is 45.4 Å². The van der Waals surface area contributed by atoms with Crippen LogP contribution in [0.15, 0.2) is 48.5 Å². The molecule has 4 atom stereocenters. The van der Waals surface area contributed by atoms with Crippen molar-refractivity contribution < 1.29 is 23.9 Å². The predicted octanol–water partition coefficient (Wildman–Crippen LogP) is 5.18. The highest BCUT2D eigenvalue weighted by Crippen LogP contribution is 2.38. The Morgan fingerprint density at radius 2 is 1.15 bits per heavy atom. The van der Waals surface area contributed by atoms with Crippen LogP contribution in [-0.4, -0.2) is 36.0 Å². The third-order valence-corrected chi connectivity index (χ3v) is 7.36. The van der Waals surface area contributed by atoms with Crippen LogP contribution in [-0.2, 0) is 37.1 Å². The molecule has 39 heavy (non-hydrogen) atoms. The van der Waals surface area contributed by atoms with Crippen molar-refractivity contribution in [3.8, 4) is 0 Å². The molecule has 2 aliphatic carbocycles. The van der Waals surface area contributed by atoms with Crippen molar-refractivity contribution in [2.75, 3.05) is 10.6 Å². The summed E-state index contributed by atoms with van der Waals surface area (Å²) in [5, 5.41) is 9.40. The number of hydrogen-bond acceptors (Lipinski definition) is 7. The molecule has 4 unspecified atom stereocenters. The third kappa shape index (κ3) is 8.73. The quantitative estimate of drug-likeness (QED) is 0.213. The van der Waals surface area contributed by atoms with E-state index in [9.17, 15) is 14.4 Å². The summed E-state index contributed by atoms with van der Waals surface area (Å²) in [4.78, 5) is 37.0. The molecule has 2 aromatic carbocycles. The molecular formula is C31H41N3O5. The van der Waals surface area contributed by atoms with E-state index in [-0.39, 0.29) is 13.2 Å². The molecule has 0 radical (unpaired) electrons. The van der Waals surface area contributed by atoms with Crippen molar-refractivity contribution in [3.05, 3.63) is 59.7 Å². The van der Waals surface area contributed by atoms with Gasteiger partial charge in [-0.2, -0.15) is 0 Å². The number of carbonyl (C=O) groups excluding carboxylic acids is 3. The molecule has 2 aliphatic rings. The zero-order valence-corrected chi connectivity index (χ0v) is 23.2. The summed E-state index contributed by atoms with van der Waals surface area (Å²) in [7, 11) is 0. The SMILES string of the molecule is CCCC1CC1Nc1ccc(COC(=O)C(NC(C)=O)C(=O)OCc2ccc(NC3CC3CCC)cc2)cc1. The van der Waals surface area contributed by atoms with Crippen molar-refractivity contribution in [3.63, 3.8) is 0 Å². The lowest BCUT2D eigenvalue weighted by Gasteiger charge is -2.16. The molecule has 0 bridgehead atoms. The van der Waals surface area contributed by atoms with Gasteiger partial charge in [0.2, 0.25) is 11.9 Å². The molecular weight excluding hydrogens is 494 g/mol. The topological polar surface area (TPSA) is 106 Å². The van der Waals surface area contributed by atoms with Crippen LogP contribution in [0.5, 0.6) is 0 Å². The van der Waals surface area contributed by atoms with Gasteiger partial charge >= 0.3 is 11.9 Å². The summed E-state index contributed by atoms with van der Waals surface area (Å²) in [5.74, 6) is -0.735. The molecule has 2 fully saturated rings. The Morgan fingerprint density at radius 1 is 0.744 bits per heavy atom. The van der Waals surface area contributed by atoms with E-state index in [1.54, 1.807) is 0 Å². The molecule has 0 saturated heterocycles. The van der Waals surface area contributed by atoms with E-state index >= 15 is 0 Å². The van der Waals surface area contributed by atoms with Crippen molar-refractivity contribution >= 4 is 29.2 Å². The molecule has 210 valence electrons. The van der Waals surface area contributed by atoms with Crippen LogP contribution in [0, 0.1) is 11.8 Å². The van der Waals surface area contributed by atoms with Gasteiger partial charge in [0.15, 0.2) is 0 Å². The maximum absolute atomic E-state index is 12.7. The Bertz CT molecular complexity index is 1040. The first kappa shape index (κ1) is 28.5. The second-order valence-electron chi connectivity index (χ2n) is 10.8. The molecule has 1 amide bonds. The van der Waals surface area contributed by atoms with E-state index in [0.29, 0.717) is 12.1 Å². The largest absolute Gasteiger partial charge is 0.459 e. The van der Waals surface area contributed by atoms with E-state index in [1.807, 2.05) is 48.5 Å². The van der Waals surface area contributed by atoms with E-state index < -0.39 is 23.9 Å². The number of ether oxygens (including phenoxy) is 2. The molecule has 4 rings (SSSR count). The highest BCUT2D eigenvalue weighted by Gasteiger charge is 2.36. The van der Waals surface area contributed by atoms with Crippen molar-refractivity contribution in [2.45, 2.75) is 90.6 Å². The lowest BCUT2D eigenvalue weighted by molar-refractivity contribution is -0.161. The highest BCUT2D eigenvalue weighted by atomic mass is 16.6. The van der Waals surface area contributed by atoms with Crippen molar-refractivity contribution in [1.82, 2.24) is 5.32 Å². The van der Waals surface area contributed by atoms with Crippen LogP contribution in [0.25, 0.3) is 0 Å². The van der Waals surface area contributed by atoms with Crippen LogP contribution >= 0.6 is 0 Å². The van der Waals surface area contributed by atoms with Crippen LogP contribution in [0.3, 0.4) is 0 Å². The molecule has 3 N–H and O–H groups in total. The third-order valence-electron chi connectivity index (χ3n) is 7.36. The van der Waals surface area contributed by atoms with Gasteiger partial charge in [-0.3, -0.25) is 4.79 Å². The zero-order chi connectivity index (χ0) is 27.8. The first-order chi connectivity index (χ1) is 18.9. The van der Waals surface area contributed by atoms with Gasteiger partial charge in [0.05, 0.1) is 0 Å². The molecule has 0 spiro atoms. The molecule has 8 heteroatoms. The predicted molar refractivity (Wildman–Crippen MR) is 151 cm³/mol. The van der Waals surface area contributed by atoms with Gasteiger partial charge in [0.25, 0.3) is 0 Å². The van der Waals surface area contributed by atoms with Gasteiger partial charge in [-0.15, -0.1) is 0 Å². The van der Waals surface area contributed by atoms with Crippen LogP contribution in [0.2, 0.25) is 0 Å². The number of benzene rings is 2. The smallest absolute Gasteiger partial charge is 0.340 e. The lowest BCUT2D eigenvalue weighted by Crippen LogP contribution is -2.47. The molecule has 0 heterocycles. The molecule has 2 saturated carbocycles. The minimum Gasteiger partial charge on any atom is -0.459 e. The van der Waals surface area contributed by atoms with Gasteiger partial charge in [0, 0.05) is 30.4 Å². The van der Waals surface area contributed by atoms with Gasteiger partial charge in [-0.05, 0) is 72.9 Å². The summed E-state index contributed by atoms with van der Waals surface area (Å²) >= 11 is 0. The summed E-state index contributed by atoms with van der Waals surface area (Å²) in [6.45, 7) is 5.61. The maximum atomic E-state index is 12.7. The normalized spacial score (nSPS) is 21.8. The molecule has 2 aromatic rings. The summed E-state index contributed by atoms with van der Waals surface area (Å²) in [6, 6.07) is 14.9. The minimum atomic E-state index is -1.53. The van der Waals surface area contributed by atoms with Gasteiger partial charge in [0.1, 0.15) is 13.2 Å². The average Bonchev–Trinajstić information content (AvgIpc) is 3.84. The van der Waals surface area contributed by atoms with Crippen LogP contribution in [0.4, 0.5) is 11.4 Å². The second-order valence-corrected chi connectivity index (χ2v) is 10.8. The highest BCUT2D eigenvalue weighted by molar-refractivity contribution is 6.02.